The Kier molecular flexibility index (Phi) is 12.3. The van der Waals surface area contributed by atoms with Crippen LogP contribution in [0.4, 0.5) is 4.79 Å². The number of phenolic OH excluding ortho intramolecular Hbond substituents is 1. The first-order valence-corrected chi connectivity index (χ1v) is 11.7. The number of primary amides is 1. The van der Waals surface area contributed by atoms with Crippen LogP contribution in [0, 0.1) is 0 Å². The van der Waals surface area contributed by atoms with E-state index < -0.39 is 60.5 Å². The maximum atomic E-state index is 13.6. The van der Waals surface area contributed by atoms with Gasteiger partial charge in [0.25, 0.3) is 0 Å². The lowest BCUT2D eigenvalue weighted by molar-refractivity contribution is -0.145. The van der Waals surface area contributed by atoms with Crippen LogP contribution in [0.25, 0.3) is 0 Å². The summed E-state index contributed by atoms with van der Waals surface area (Å²) in [7, 11) is 0. The molecule has 0 bridgehead atoms. The van der Waals surface area contributed by atoms with Crippen molar-refractivity contribution < 1.29 is 43.7 Å². The molecular formula is C24H36N4O9. The van der Waals surface area contributed by atoms with Gasteiger partial charge in [0.15, 0.2) is 0 Å². The molecule has 0 fully saturated rings. The summed E-state index contributed by atoms with van der Waals surface area (Å²) in [5, 5.41) is 24.5. The normalized spacial score (nSPS) is 12.6. The van der Waals surface area contributed by atoms with E-state index in [2.05, 4.69) is 10.6 Å². The number of nitrogens with zero attached hydrogens (tertiary/aromatic N) is 1. The molecule has 1 rings (SSSR count). The Labute approximate surface area is 215 Å². The highest BCUT2D eigenvalue weighted by Crippen LogP contribution is 2.25. The van der Waals surface area contributed by atoms with Gasteiger partial charge in [-0.05, 0) is 45.4 Å². The Morgan fingerprint density at radius 2 is 1.84 bits per heavy atom. The summed E-state index contributed by atoms with van der Waals surface area (Å²) < 4.78 is 10.00. The molecule has 2 unspecified atom stereocenters. The molecule has 206 valence electrons. The van der Waals surface area contributed by atoms with Gasteiger partial charge in [0, 0.05) is 13.1 Å². The number of ether oxygens (including phenoxy) is 2. The zero-order valence-corrected chi connectivity index (χ0v) is 21.5. The minimum Gasteiger partial charge on any atom is -0.508 e. The second-order valence-electron chi connectivity index (χ2n) is 8.97. The molecule has 0 saturated heterocycles. The number of aromatic hydroxyl groups is 1. The number of rotatable bonds is 13. The van der Waals surface area contributed by atoms with E-state index >= 15 is 0 Å². The number of carbonyl (C=O) groups is 5. The highest BCUT2D eigenvalue weighted by molar-refractivity contribution is 5.94. The van der Waals surface area contributed by atoms with E-state index in [4.69, 9.17) is 15.2 Å². The third-order valence-electron chi connectivity index (χ3n) is 4.70. The standard InChI is InChI=1S/C24H36N4O9/c1-5-36-19(32)9-10-26-21(33)20(15-7-6-8-16(30)13-15)28(11-12-29)22(34)17(14-18(25)31)27-23(35)37-24(2,3)4/h6-8,13,17,20,29-30H,5,9-12,14H2,1-4H3,(H2,25,31)(H,26,33)(H,27,35). The Morgan fingerprint density at radius 1 is 1.16 bits per heavy atom. The number of aliphatic hydroxyl groups is 1. The fourth-order valence-corrected chi connectivity index (χ4v) is 3.31. The van der Waals surface area contributed by atoms with Crippen molar-refractivity contribution in [2.24, 2.45) is 5.73 Å². The van der Waals surface area contributed by atoms with E-state index in [9.17, 15) is 34.2 Å². The van der Waals surface area contributed by atoms with E-state index in [0.29, 0.717) is 0 Å². The van der Waals surface area contributed by atoms with E-state index in [0.717, 1.165) is 4.90 Å². The fourth-order valence-electron chi connectivity index (χ4n) is 3.31. The number of aliphatic hydroxyl groups excluding tert-OH is 1. The van der Waals surface area contributed by atoms with Crippen molar-refractivity contribution in [1.82, 2.24) is 15.5 Å². The molecule has 1 aromatic carbocycles. The van der Waals surface area contributed by atoms with Crippen molar-refractivity contribution in [1.29, 1.82) is 0 Å². The van der Waals surface area contributed by atoms with Gasteiger partial charge in [-0.3, -0.25) is 19.2 Å². The lowest BCUT2D eigenvalue weighted by Gasteiger charge is -2.34. The SMILES string of the molecule is CCOC(=O)CCNC(=O)C(c1cccc(O)c1)N(CCO)C(=O)C(CC(N)=O)NC(=O)OC(C)(C)C. The van der Waals surface area contributed by atoms with Gasteiger partial charge >= 0.3 is 12.1 Å². The number of alkyl carbamates (subject to hydrolysis) is 1. The van der Waals surface area contributed by atoms with Crippen LogP contribution < -0.4 is 16.4 Å². The average Bonchev–Trinajstić information content (AvgIpc) is 2.76. The minimum absolute atomic E-state index is 0.116. The number of hydrogen-bond acceptors (Lipinski definition) is 9. The number of benzene rings is 1. The number of phenols is 1. The molecule has 13 nitrogen and oxygen atoms in total. The van der Waals surface area contributed by atoms with Crippen molar-refractivity contribution >= 4 is 29.8 Å². The average molecular weight is 525 g/mol. The Hall–Kier alpha value is -3.87. The number of amides is 4. The molecule has 0 aromatic heterocycles. The van der Waals surface area contributed by atoms with Crippen LogP contribution in [0.3, 0.4) is 0 Å². The van der Waals surface area contributed by atoms with Gasteiger partial charge in [-0.25, -0.2) is 4.79 Å². The first kappa shape index (κ1) is 31.2. The summed E-state index contributed by atoms with van der Waals surface area (Å²) in [6.45, 7) is 5.55. The molecule has 0 heterocycles. The van der Waals surface area contributed by atoms with Gasteiger partial charge < -0.3 is 41.0 Å². The molecule has 0 aliphatic heterocycles. The van der Waals surface area contributed by atoms with Crippen LogP contribution in [0.5, 0.6) is 5.75 Å². The van der Waals surface area contributed by atoms with Gasteiger partial charge in [0.2, 0.25) is 17.7 Å². The second kappa shape index (κ2) is 14.6. The van der Waals surface area contributed by atoms with Crippen LogP contribution in [-0.2, 0) is 28.7 Å². The van der Waals surface area contributed by atoms with E-state index in [1.807, 2.05) is 0 Å². The van der Waals surface area contributed by atoms with Gasteiger partial charge in [-0.1, -0.05) is 12.1 Å². The minimum atomic E-state index is -1.52. The second-order valence-corrected chi connectivity index (χ2v) is 8.97. The number of esters is 1. The Morgan fingerprint density at radius 3 is 2.38 bits per heavy atom. The molecule has 0 aliphatic carbocycles. The summed E-state index contributed by atoms with van der Waals surface area (Å²) in [4.78, 5) is 63.4. The molecule has 2 atom stereocenters. The molecule has 6 N–H and O–H groups in total. The topological polar surface area (TPSA) is 198 Å². The maximum absolute atomic E-state index is 13.6. The van der Waals surface area contributed by atoms with Crippen LogP contribution in [0.1, 0.15) is 52.1 Å². The zero-order chi connectivity index (χ0) is 28.2. The number of carbonyl (C=O) groups excluding carboxylic acids is 5. The number of nitrogens with one attached hydrogen (secondary N) is 2. The Bertz CT molecular complexity index is 962. The number of hydrogen-bond donors (Lipinski definition) is 5. The van der Waals surface area contributed by atoms with Crippen LogP contribution in [0.2, 0.25) is 0 Å². The fraction of sp³-hybridized carbons (Fsp3) is 0.542. The van der Waals surface area contributed by atoms with E-state index in [1.165, 1.54) is 24.3 Å². The maximum Gasteiger partial charge on any atom is 0.408 e. The van der Waals surface area contributed by atoms with Crippen LogP contribution >= 0.6 is 0 Å². The molecule has 0 aliphatic rings. The zero-order valence-electron chi connectivity index (χ0n) is 21.5. The highest BCUT2D eigenvalue weighted by atomic mass is 16.6. The van der Waals surface area contributed by atoms with Crippen LogP contribution in [0.15, 0.2) is 24.3 Å². The molecular weight excluding hydrogens is 488 g/mol. The van der Waals surface area contributed by atoms with Crippen molar-refractivity contribution in [3.05, 3.63) is 29.8 Å². The van der Waals surface area contributed by atoms with Gasteiger partial charge in [-0.2, -0.15) is 0 Å². The van der Waals surface area contributed by atoms with Gasteiger partial charge in [-0.15, -0.1) is 0 Å². The molecule has 37 heavy (non-hydrogen) atoms. The lowest BCUT2D eigenvalue weighted by atomic mass is 10.0. The third-order valence-corrected chi connectivity index (χ3v) is 4.70. The molecule has 13 heteroatoms. The lowest BCUT2D eigenvalue weighted by Crippen LogP contribution is -2.54. The van der Waals surface area contributed by atoms with Crippen molar-refractivity contribution in [2.45, 2.75) is 58.2 Å². The first-order chi connectivity index (χ1) is 17.3. The van der Waals surface area contributed by atoms with Crippen molar-refractivity contribution in [2.75, 3.05) is 26.3 Å². The van der Waals surface area contributed by atoms with E-state index in [-0.39, 0.29) is 37.4 Å². The quantitative estimate of drug-likeness (QED) is 0.222. The smallest absolute Gasteiger partial charge is 0.408 e. The first-order valence-electron chi connectivity index (χ1n) is 11.7. The summed E-state index contributed by atoms with van der Waals surface area (Å²) in [6.07, 6.45) is -1.74. The summed E-state index contributed by atoms with van der Waals surface area (Å²) in [6, 6.07) is 2.59. The van der Waals surface area contributed by atoms with Crippen molar-refractivity contribution in [3.8, 4) is 5.75 Å². The van der Waals surface area contributed by atoms with Crippen LogP contribution in [-0.4, -0.2) is 82.8 Å². The monoisotopic (exact) mass is 524 g/mol. The molecule has 0 radical (unpaired) electrons. The third kappa shape index (κ3) is 11.2. The van der Waals surface area contributed by atoms with Crippen molar-refractivity contribution in [3.63, 3.8) is 0 Å². The largest absolute Gasteiger partial charge is 0.508 e. The summed E-state index contributed by atoms with van der Waals surface area (Å²) in [5.41, 5.74) is 4.55. The molecule has 1 aromatic rings. The van der Waals surface area contributed by atoms with E-state index in [1.54, 1.807) is 27.7 Å². The molecule has 0 spiro atoms. The van der Waals surface area contributed by atoms with Gasteiger partial charge in [0.05, 0.1) is 26.1 Å². The number of nitrogens with two attached hydrogens (primary N) is 1. The highest BCUT2D eigenvalue weighted by Gasteiger charge is 2.37. The summed E-state index contributed by atoms with van der Waals surface area (Å²) >= 11 is 0. The molecule has 4 amide bonds. The molecule has 0 saturated carbocycles. The predicted octanol–water partition coefficient (Wildman–Crippen LogP) is 0.0923. The predicted molar refractivity (Wildman–Crippen MR) is 131 cm³/mol. The Balaban J connectivity index is 3.35. The van der Waals surface area contributed by atoms with Gasteiger partial charge in [0.1, 0.15) is 23.4 Å². The summed E-state index contributed by atoms with van der Waals surface area (Å²) in [5.74, 6) is -3.30.